The molecule has 0 spiro atoms. The van der Waals surface area contributed by atoms with Crippen molar-refractivity contribution in [3.05, 3.63) is 109 Å². The first kappa shape index (κ1) is 19.4. The zero-order valence-corrected chi connectivity index (χ0v) is 16.7. The number of benzene rings is 3. The molecule has 0 saturated carbocycles. The van der Waals surface area contributed by atoms with Gasteiger partial charge in [-0.05, 0) is 58.1 Å². The summed E-state index contributed by atoms with van der Waals surface area (Å²) in [4.78, 5) is 18.1. The Morgan fingerprint density at radius 2 is 1.40 bits per heavy atom. The molecule has 4 heteroatoms. The van der Waals surface area contributed by atoms with E-state index in [1.54, 1.807) is 24.3 Å². The smallest absolute Gasteiger partial charge is 0.410 e. The number of aromatic nitrogens is 1. The van der Waals surface area contributed by atoms with E-state index in [1.165, 1.54) is 0 Å². The lowest BCUT2D eigenvalue weighted by atomic mass is 10.0. The van der Waals surface area contributed by atoms with E-state index in [0.29, 0.717) is 12.3 Å². The van der Waals surface area contributed by atoms with Crippen LogP contribution in [0.5, 0.6) is 5.75 Å². The third-order valence-corrected chi connectivity index (χ3v) is 4.84. The molecule has 0 unspecified atom stereocenters. The van der Waals surface area contributed by atoms with Crippen molar-refractivity contribution in [3.63, 3.8) is 0 Å². The summed E-state index contributed by atoms with van der Waals surface area (Å²) in [5.74, 6) is 0.525. The van der Waals surface area contributed by atoms with Crippen LogP contribution in [-0.4, -0.2) is 23.0 Å². The van der Waals surface area contributed by atoms with Crippen LogP contribution in [-0.2, 0) is 6.54 Å². The summed E-state index contributed by atoms with van der Waals surface area (Å²) in [6.07, 6.45) is 3.15. The van der Waals surface area contributed by atoms with E-state index in [1.807, 2.05) is 72.8 Å². The van der Waals surface area contributed by atoms with E-state index in [9.17, 15) is 4.79 Å². The molecule has 0 atom stereocenters. The van der Waals surface area contributed by atoms with Gasteiger partial charge in [0.15, 0.2) is 0 Å². The van der Waals surface area contributed by atoms with E-state index in [0.717, 1.165) is 27.8 Å². The van der Waals surface area contributed by atoms with Gasteiger partial charge in [0.1, 0.15) is 5.75 Å². The number of carbonyl (C=O) groups is 1. The van der Waals surface area contributed by atoms with Crippen LogP contribution in [0.15, 0.2) is 103 Å². The highest BCUT2D eigenvalue weighted by Crippen LogP contribution is 2.23. The number of rotatable bonds is 5. The molecule has 30 heavy (non-hydrogen) atoms. The molecule has 148 valence electrons. The van der Waals surface area contributed by atoms with Crippen LogP contribution in [0.3, 0.4) is 0 Å². The van der Waals surface area contributed by atoms with Crippen LogP contribution < -0.4 is 4.74 Å². The molecule has 0 N–H and O–H groups in total. The highest BCUT2D eigenvalue weighted by Gasteiger charge is 2.12. The Labute approximate surface area is 176 Å². The maximum absolute atomic E-state index is 12.5. The van der Waals surface area contributed by atoms with E-state index in [2.05, 4.69) is 23.2 Å². The van der Waals surface area contributed by atoms with E-state index < -0.39 is 6.09 Å². The predicted octanol–water partition coefficient (Wildman–Crippen LogP) is 6.05. The van der Waals surface area contributed by atoms with Gasteiger partial charge in [0.05, 0.1) is 0 Å². The number of carbonyl (C=O) groups excluding carboxylic acids is 1. The molecule has 0 radical (unpaired) electrons. The molecule has 1 aromatic heterocycles. The molecule has 0 aliphatic heterocycles. The Hall–Kier alpha value is -3.92. The van der Waals surface area contributed by atoms with E-state index in [4.69, 9.17) is 4.74 Å². The Kier molecular flexibility index (Phi) is 5.85. The second kappa shape index (κ2) is 9.05. The lowest BCUT2D eigenvalue weighted by molar-refractivity contribution is 0.161. The van der Waals surface area contributed by atoms with Gasteiger partial charge in [0.2, 0.25) is 0 Å². The van der Waals surface area contributed by atoms with Gasteiger partial charge in [-0.3, -0.25) is 4.98 Å². The topological polar surface area (TPSA) is 42.4 Å². The van der Waals surface area contributed by atoms with Gasteiger partial charge >= 0.3 is 6.09 Å². The summed E-state index contributed by atoms with van der Waals surface area (Å²) in [7, 11) is 1.74. The quantitative estimate of drug-likeness (QED) is 0.414. The Bertz CT molecular complexity index is 1110. The second-order valence-corrected chi connectivity index (χ2v) is 7.05. The highest BCUT2D eigenvalue weighted by molar-refractivity contribution is 5.71. The van der Waals surface area contributed by atoms with E-state index >= 15 is 0 Å². The highest BCUT2D eigenvalue weighted by atomic mass is 16.6. The molecule has 3 aromatic carbocycles. The number of hydrogen-bond acceptors (Lipinski definition) is 3. The minimum atomic E-state index is -0.392. The van der Waals surface area contributed by atoms with Gasteiger partial charge in [0.25, 0.3) is 0 Å². The first-order valence-electron chi connectivity index (χ1n) is 9.77. The number of hydrogen-bond donors (Lipinski definition) is 0. The molecule has 0 fully saturated rings. The lowest BCUT2D eigenvalue weighted by Crippen LogP contribution is -2.29. The van der Waals surface area contributed by atoms with Gasteiger partial charge < -0.3 is 9.64 Å². The zero-order chi connectivity index (χ0) is 20.8. The van der Waals surface area contributed by atoms with E-state index in [-0.39, 0.29) is 0 Å². The van der Waals surface area contributed by atoms with Crippen molar-refractivity contribution in [2.75, 3.05) is 7.05 Å². The third-order valence-electron chi connectivity index (χ3n) is 4.84. The number of pyridine rings is 1. The minimum Gasteiger partial charge on any atom is -0.410 e. The predicted molar refractivity (Wildman–Crippen MR) is 119 cm³/mol. The largest absolute Gasteiger partial charge is 0.415 e. The van der Waals surface area contributed by atoms with Crippen LogP contribution >= 0.6 is 0 Å². The van der Waals surface area contributed by atoms with Crippen LogP contribution in [0.4, 0.5) is 4.79 Å². The normalized spacial score (nSPS) is 10.4. The van der Waals surface area contributed by atoms with Crippen molar-refractivity contribution in [3.8, 4) is 28.0 Å². The Morgan fingerprint density at radius 1 is 0.767 bits per heavy atom. The van der Waals surface area contributed by atoms with Gasteiger partial charge in [-0.15, -0.1) is 0 Å². The monoisotopic (exact) mass is 394 g/mol. The van der Waals surface area contributed by atoms with Crippen molar-refractivity contribution < 1.29 is 9.53 Å². The van der Waals surface area contributed by atoms with Crippen molar-refractivity contribution in [1.29, 1.82) is 0 Å². The molecule has 4 rings (SSSR count). The molecule has 0 aliphatic rings. The first-order valence-corrected chi connectivity index (χ1v) is 9.77. The maximum atomic E-state index is 12.5. The summed E-state index contributed by atoms with van der Waals surface area (Å²) >= 11 is 0. The van der Waals surface area contributed by atoms with Gasteiger partial charge in [-0.25, -0.2) is 4.79 Å². The molecule has 0 bridgehead atoms. The zero-order valence-electron chi connectivity index (χ0n) is 16.7. The molecule has 1 amide bonds. The fraction of sp³-hybridized carbons (Fsp3) is 0.0769. The molecule has 0 aliphatic carbocycles. The van der Waals surface area contributed by atoms with Gasteiger partial charge in [0, 0.05) is 26.0 Å². The second-order valence-electron chi connectivity index (χ2n) is 7.05. The van der Waals surface area contributed by atoms with Crippen molar-refractivity contribution in [2.45, 2.75) is 6.54 Å². The summed E-state index contributed by atoms with van der Waals surface area (Å²) in [5.41, 5.74) is 5.42. The maximum Gasteiger partial charge on any atom is 0.415 e. The third kappa shape index (κ3) is 4.73. The Balaban J connectivity index is 1.40. The van der Waals surface area contributed by atoms with Crippen LogP contribution in [0.25, 0.3) is 22.3 Å². The molecular formula is C26H22N2O2. The molecule has 0 saturated heterocycles. The fourth-order valence-electron chi connectivity index (χ4n) is 3.26. The first-order chi connectivity index (χ1) is 14.7. The SMILES string of the molecule is CN(Cc1cccc(-c2ccncc2)c1)C(=O)Oc1ccc(-c2ccccc2)cc1. The van der Waals surface area contributed by atoms with Crippen LogP contribution in [0.1, 0.15) is 5.56 Å². The van der Waals surface area contributed by atoms with Crippen molar-refractivity contribution in [2.24, 2.45) is 0 Å². The molecular weight excluding hydrogens is 372 g/mol. The molecule has 4 nitrogen and oxygen atoms in total. The number of amides is 1. The Morgan fingerprint density at radius 3 is 2.13 bits per heavy atom. The summed E-state index contributed by atoms with van der Waals surface area (Å²) in [6, 6.07) is 29.7. The summed E-state index contributed by atoms with van der Waals surface area (Å²) in [6.45, 7) is 0.458. The fourth-order valence-corrected chi connectivity index (χ4v) is 3.26. The summed E-state index contributed by atoms with van der Waals surface area (Å²) < 4.78 is 5.53. The van der Waals surface area contributed by atoms with Crippen molar-refractivity contribution >= 4 is 6.09 Å². The number of ether oxygens (including phenoxy) is 1. The molecule has 4 aromatic rings. The average Bonchev–Trinajstić information content (AvgIpc) is 2.81. The minimum absolute atomic E-state index is 0.392. The summed E-state index contributed by atoms with van der Waals surface area (Å²) in [5, 5.41) is 0. The lowest BCUT2D eigenvalue weighted by Gasteiger charge is -2.17. The van der Waals surface area contributed by atoms with Gasteiger partial charge in [-0.1, -0.05) is 60.7 Å². The van der Waals surface area contributed by atoms with Crippen molar-refractivity contribution in [1.82, 2.24) is 9.88 Å². The number of nitrogens with zero attached hydrogens (tertiary/aromatic N) is 2. The molecule has 1 heterocycles. The average molecular weight is 394 g/mol. The van der Waals surface area contributed by atoms with Crippen LogP contribution in [0.2, 0.25) is 0 Å². The van der Waals surface area contributed by atoms with Crippen LogP contribution in [0, 0.1) is 0 Å². The van der Waals surface area contributed by atoms with Gasteiger partial charge in [-0.2, -0.15) is 0 Å². The standard InChI is InChI=1S/C26H22N2O2/c1-28(19-20-6-5-9-24(18-20)23-14-16-27-17-15-23)26(29)30-25-12-10-22(11-13-25)21-7-3-2-4-8-21/h2-18H,19H2,1H3.